The first-order chi connectivity index (χ1) is 6.04. The van der Waals surface area contributed by atoms with Gasteiger partial charge in [0.1, 0.15) is 0 Å². The van der Waals surface area contributed by atoms with E-state index in [0.29, 0.717) is 18.7 Å². The fourth-order valence-corrected chi connectivity index (χ4v) is 0.779. The molecule has 0 bridgehead atoms. The molecule has 0 aromatic carbocycles. The van der Waals surface area contributed by atoms with Crippen LogP contribution in [0.4, 0.5) is 13.2 Å². The van der Waals surface area contributed by atoms with Crippen molar-refractivity contribution in [2.45, 2.75) is 12.6 Å². The van der Waals surface area contributed by atoms with Crippen LogP contribution in [0.2, 0.25) is 0 Å². The number of hydrogen-bond donors (Lipinski definition) is 1. The third-order valence-electron chi connectivity index (χ3n) is 1.40. The molecular formula is C7H8F3N2O. The number of nitrogens with one attached hydrogen (secondary N) is 1. The quantitative estimate of drug-likeness (QED) is 0.788. The molecule has 0 spiro atoms. The lowest BCUT2D eigenvalue weighted by Crippen LogP contribution is -2.05. The number of rotatable bonds is 3. The summed E-state index contributed by atoms with van der Waals surface area (Å²) >= 11 is 0. The van der Waals surface area contributed by atoms with Gasteiger partial charge >= 0.3 is 6.18 Å². The number of aromatic amines is 1. The summed E-state index contributed by atoms with van der Waals surface area (Å²) in [6, 6.07) is 2.12. The molecule has 1 aromatic heterocycles. The second kappa shape index (κ2) is 3.78. The van der Waals surface area contributed by atoms with Gasteiger partial charge in [0.25, 0.3) is 0 Å². The zero-order valence-electron chi connectivity index (χ0n) is 6.90. The second-order valence-corrected chi connectivity index (χ2v) is 2.42. The summed E-state index contributed by atoms with van der Waals surface area (Å²) in [5.74, 6) is 0. The zero-order valence-corrected chi connectivity index (χ0v) is 6.90. The van der Waals surface area contributed by atoms with Gasteiger partial charge in [0, 0.05) is 25.3 Å². The maximum Gasteiger partial charge on any atom is 0.435 e. The van der Waals surface area contributed by atoms with Crippen LogP contribution >= 0.6 is 0 Å². The highest BCUT2D eigenvalue weighted by atomic mass is 19.4. The van der Waals surface area contributed by atoms with E-state index >= 15 is 0 Å². The average Bonchev–Trinajstić information content (AvgIpc) is 2.47. The molecule has 3 nitrogen and oxygen atoms in total. The molecule has 1 heterocycles. The van der Waals surface area contributed by atoms with Crippen LogP contribution in [0.25, 0.3) is 0 Å². The fraction of sp³-hybridized carbons (Fsp3) is 0.571. The van der Waals surface area contributed by atoms with E-state index in [2.05, 4.69) is 16.3 Å². The van der Waals surface area contributed by atoms with Crippen LogP contribution in [0.3, 0.4) is 0 Å². The Bertz CT molecular complexity index is 269. The van der Waals surface area contributed by atoms with Crippen LogP contribution in [0, 0.1) is 6.07 Å². The molecule has 0 unspecified atom stereocenters. The van der Waals surface area contributed by atoms with Gasteiger partial charge in [-0.1, -0.05) is 0 Å². The van der Waals surface area contributed by atoms with E-state index in [-0.39, 0.29) is 0 Å². The van der Waals surface area contributed by atoms with Gasteiger partial charge < -0.3 is 4.74 Å². The second-order valence-electron chi connectivity index (χ2n) is 2.42. The number of halogens is 3. The number of H-pyrrole nitrogens is 1. The molecule has 0 fully saturated rings. The first kappa shape index (κ1) is 10.0. The van der Waals surface area contributed by atoms with Gasteiger partial charge in [0.15, 0.2) is 5.69 Å². The van der Waals surface area contributed by atoms with Crippen LogP contribution in [-0.4, -0.2) is 23.9 Å². The number of hydrogen-bond acceptors (Lipinski definition) is 2. The summed E-state index contributed by atoms with van der Waals surface area (Å²) in [5.41, 5.74) is -0.715. The van der Waals surface area contributed by atoms with Gasteiger partial charge in [-0.25, -0.2) is 0 Å². The van der Waals surface area contributed by atoms with Crippen molar-refractivity contribution in [3.63, 3.8) is 0 Å². The molecule has 1 rings (SSSR count). The molecule has 1 N–H and O–H groups in total. The molecule has 1 radical (unpaired) electrons. The Morgan fingerprint density at radius 1 is 1.54 bits per heavy atom. The molecule has 0 amide bonds. The molecule has 0 saturated carbocycles. The Balaban J connectivity index is 2.64. The van der Waals surface area contributed by atoms with Gasteiger partial charge in [-0.2, -0.15) is 18.3 Å². The molecule has 13 heavy (non-hydrogen) atoms. The normalized spacial score (nSPS) is 12.0. The molecule has 0 atom stereocenters. The van der Waals surface area contributed by atoms with Crippen molar-refractivity contribution >= 4 is 0 Å². The van der Waals surface area contributed by atoms with Gasteiger partial charge in [-0.15, -0.1) is 0 Å². The fourth-order valence-electron chi connectivity index (χ4n) is 0.779. The highest BCUT2D eigenvalue weighted by Gasteiger charge is 2.34. The van der Waals surface area contributed by atoms with Crippen LogP contribution in [0.15, 0.2) is 0 Å². The minimum absolute atomic E-state index is 0.300. The molecule has 0 aliphatic carbocycles. The molecule has 0 saturated heterocycles. The summed E-state index contributed by atoms with van der Waals surface area (Å²) in [4.78, 5) is 0. The van der Waals surface area contributed by atoms with Gasteiger partial charge in [-0.3, -0.25) is 5.10 Å². The van der Waals surface area contributed by atoms with Crippen molar-refractivity contribution in [3.8, 4) is 0 Å². The van der Waals surface area contributed by atoms with E-state index < -0.39 is 11.9 Å². The van der Waals surface area contributed by atoms with Crippen LogP contribution in [-0.2, 0) is 17.3 Å². The standard InChI is InChI=1S/C7H8F3N2O/c1-13-3-2-5-4-6(12-11-5)7(8,9)10/h2-3H2,1H3,(H,11,12). The topological polar surface area (TPSA) is 37.9 Å². The predicted molar refractivity (Wildman–Crippen MR) is 38.0 cm³/mol. The van der Waals surface area contributed by atoms with Gasteiger partial charge in [0.2, 0.25) is 0 Å². The van der Waals surface area contributed by atoms with Crippen molar-refractivity contribution in [1.82, 2.24) is 10.2 Å². The summed E-state index contributed by atoms with van der Waals surface area (Å²) in [6.07, 6.45) is -4.08. The Morgan fingerprint density at radius 3 is 2.69 bits per heavy atom. The minimum atomic E-state index is -4.43. The van der Waals surface area contributed by atoms with Crippen molar-refractivity contribution < 1.29 is 17.9 Å². The van der Waals surface area contributed by atoms with Gasteiger partial charge in [-0.05, 0) is 0 Å². The third kappa shape index (κ3) is 2.73. The smallest absolute Gasteiger partial charge is 0.384 e. The van der Waals surface area contributed by atoms with Crippen LogP contribution in [0.5, 0.6) is 0 Å². The van der Waals surface area contributed by atoms with Crippen molar-refractivity contribution in [1.29, 1.82) is 0 Å². The molecule has 73 valence electrons. The van der Waals surface area contributed by atoms with Crippen LogP contribution in [0.1, 0.15) is 11.4 Å². The average molecular weight is 193 g/mol. The van der Waals surface area contributed by atoms with Crippen LogP contribution < -0.4 is 0 Å². The summed E-state index contributed by atoms with van der Waals surface area (Å²) in [7, 11) is 1.47. The highest BCUT2D eigenvalue weighted by molar-refractivity contribution is 5.09. The van der Waals surface area contributed by atoms with Gasteiger partial charge in [0.05, 0.1) is 6.61 Å². The predicted octanol–water partition coefficient (Wildman–Crippen LogP) is 1.42. The summed E-state index contributed by atoms with van der Waals surface area (Å²) < 4.78 is 40.6. The maximum absolute atomic E-state index is 12.0. The largest absolute Gasteiger partial charge is 0.435 e. The Hall–Kier alpha value is -1.04. The lowest BCUT2D eigenvalue weighted by Gasteiger charge is -1.98. The van der Waals surface area contributed by atoms with Crippen molar-refractivity contribution in [2.75, 3.05) is 13.7 Å². The number of methoxy groups -OCH3 is 1. The maximum atomic E-state index is 12.0. The molecule has 6 heteroatoms. The van der Waals surface area contributed by atoms with E-state index in [1.165, 1.54) is 7.11 Å². The Morgan fingerprint density at radius 2 is 2.23 bits per heavy atom. The Labute approximate surface area is 72.9 Å². The minimum Gasteiger partial charge on any atom is -0.384 e. The summed E-state index contributed by atoms with van der Waals surface area (Å²) in [6.45, 7) is 0.343. The molecule has 0 aliphatic rings. The van der Waals surface area contributed by atoms with E-state index in [1.54, 1.807) is 0 Å². The number of nitrogens with zero attached hydrogens (tertiary/aromatic N) is 1. The monoisotopic (exact) mass is 193 g/mol. The van der Waals surface area contributed by atoms with Crippen molar-refractivity contribution in [2.24, 2.45) is 0 Å². The molecule has 0 aliphatic heterocycles. The Kier molecular flexibility index (Phi) is 2.92. The van der Waals surface area contributed by atoms with E-state index in [4.69, 9.17) is 4.74 Å². The SMILES string of the molecule is COCCc1[c]c(C(F)(F)F)n[nH]1. The zero-order chi connectivity index (χ0) is 9.90. The first-order valence-corrected chi connectivity index (χ1v) is 3.56. The number of alkyl halides is 3. The highest BCUT2D eigenvalue weighted by Crippen LogP contribution is 2.27. The lowest BCUT2D eigenvalue weighted by atomic mass is 10.3. The number of aromatic nitrogens is 2. The van der Waals surface area contributed by atoms with E-state index in [9.17, 15) is 13.2 Å². The van der Waals surface area contributed by atoms with E-state index in [0.717, 1.165) is 0 Å². The third-order valence-corrected chi connectivity index (χ3v) is 1.40. The summed E-state index contributed by atoms with van der Waals surface area (Å²) in [5, 5.41) is 5.32. The number of ether oxygens (including phenoxy) is 1. The van der Waals surface area contributed by atoms with E-state index in [1.807, 2.05) is 0 Å². The lowest BCUT2D eigenvalue weighted by molar-refractivity contribution is -0.141. The molecule has 1 aromatic rings. The van der Waals surface area contributed by atoms with Crippen molar-refractivity contribution in [3.05, 3.63) is 17.5 Å². The molecular weight excluding hydrogens is 185 g/mol. The first-order valence-electron chi connectivity index (χ1n) is 3.56.